The summed E-state index contributed by atoms with van der Waals surface area (Å²) in [5.41, 5.74) is -0.716. The third kappa shape index (κ3) is 4.51. The largest absolute Gasteiger partial charge is 0.474 e. The minimum Gasteiger partial charge on any atom is -0.474 e. The molecule has 32 heavy (non-hydrogen) atoms. The summed E-state index contributed by atoms with van der Waals surface area (Å²) >= 11 is 0. The molecule has 8 heteroatoms. The average Bonchev–Trinajstić information content (AvgIpc) is 3.24. The van der Waals surface area contributed by atoms with E-state index >= 15 is 0 Å². The fraction of sp³-hybridized carbons (Fsp3) is 0.792. The van der Waals surface area contributed by atoms with Gasteiger partial charge in [0.2, 0.25) is 11.7 Å². The number of nitrogens with zero attached hydrogens (tertiary/aromatic N) is 1. The van der Waals surface area contributed by atoms with Gasteiger partial charge in [-0.1, -0.05) is 0 Å². The number of hydrogen-bond donors (Lipinski definition) is 3. The summed E-state index contributed by atoms with van der Waals surface area (Å²) in [6, 6.07) is 1.99. The molecule has 0 atom stereocenters. The summed E-state index contributed by atoms with van der Waals surface area (Å²) in [5.74, 6) is 3.10. The molecule has 0 unspecified atom stereocenters. The van der Waals surface area contributed by atoms with Gasteiger partial charge in [0.25, 0.3) is 11.8 Å². The van der Waals surface area contributed by atoms with Crippen molar-refractivity contribution in [1.29, 1.82) is 0 Å². The van der Waals surface area contributed by atoms with Crippen molar-refractivity contribution >= 4 is 11.8 Å². The number of hydrogen-bond acceptors (Lipinski definition) is 6. The number of piperidine rings is 1. The van der Waals surface area contributed by atoms with Crippen molar-refractivity contribution in [2.45, 2.75) is 70.9 Å². The predicted molar refractivity (Wildman–Crippen MR) is 118 cm³/mol. The summed E-state index contributed by atoms with van der Waals surface area (Å²) in [6.07, 6.45) is 8.26. The van der Waals surface area contributed by atoms with Gasteiger partial charge in [-0.05, 0) is 101 Å². The molecule has 5 fully saturated rings. The molecule has 5 aliphatic rings. The molecule has 4 aliphatic carbocycles. The van der Waals surface area contributed by atoms with Crippen LogP contribution in [0.3, 0.4) is 0 Å². The van der Waals surface area contributed by atoms with Crippen LogP contribution in [0.4, 0.5) is 0 Å². The van der Waals surface area contributed by atoms with Crippen molar-refractivity contribution in [1.82, 2.24) is 21.1 Å². The van der Waals surface area contributed by atoms with Gasteiger partial charge in [0.15, 0.2) is 0 Å². The summed E-state index contributed by atoms with van der Waals surface area (Å²) in [6.45, 7) is 5.71. The third-order valence-electron chi connectivity index (χ3n) is 8.11. The van der Waals surface area contributed by atoms with E-state index in [9.17, 15) is 9.59 Å². The van der Waals surface area contributed by atoms with Crippen molar-refractivity contribution in [3.63, 3.8) is 0 Å². The van der Waals surface area contributed by atoms with Crippen LogP contribution in [0.15, 0.2) is 10.6 Å². The molecule has 1 aliphatic heterocycles. The molecule has 1 saturated heterocycles. The smallest absolute Gasteiger partial charge is 0.290 e. The normalized spacial score (nSPS) is 32.0. The van der Waals surface area contributed by atoms with Crippen LogP contribution in [0.25, 0.3) is 0 Å². The van der Waals surface area contributed by atoms with E-state index in [4.69, 9.17) is 9.26 Å². The van der Waals surface area contributed by atoms with Gasteiger partial charge in [0.05, 0.1) is 11.5 Å². The van der Waals surface area contributed by atoms with Gasteiger partial charge in [-0.15, -0.1) is 0 Å². The highest BCUT2D eigenvalue weighted by Crippen LogP contribution is 2.53. The maximum atomic E-state index is 12.8. The molecule has 8 nitrogen and oxygen atoms in total. The Morgan fingerprint density at radius 2 is 1.75 bits per heavy atom. The van der Waals surface area contributed by atoms with Crippen LogP contribution in [0.5, 0.6) is 5.88 Å². The number of aromatic nitrogens is 1. The number of carbonyl (C=O) groups excluding carboxylic acids is 2. The first-order valence-corrected chi connectivity index (χ1v) is 12.3. The van der Waals surface area contributed by atoms with Crippen molar-refractivity contribution in [2.75, 3.05) is 19.7 Å². The molecule has 0 spiro atoms. The van der Waals surface area contributed by atoms with E-state index in [-0.39, 0.29) is 42.1 Å². The second-order valence-corrected chi connectivity index (χ2v) is 11.1. The second kappa shape index (κ2) is 8.69. The Morgan fingerprint density at radius 1 is 1.09 bits per heavy atom. The molecule has 0 aromatic carbocycles. The maximum absolute atomic E-state index is 12.8. The lowest BCUT2D eigenvalue weighted by Gasteiger charge is -2.54. The minimum absolute atomic E-state index is 0.0345. The second-order valence-electron chi connectivity index (χ2n) is 11.1. The highest BCUT2D eigenvalue weighted by Gasteiger charge is 2.48. The van der Waals surface area contributed by atoms with Crippen LogP contribution in [0.1, 0.15) is 69.3 Å². The number of carbonyl (C=O) groups is 2. The lowest BCUT2D eigenvalue weighted by molar-refractivity contribution is -0.131. The van der Waals surface area contributed by atoms with Crippen LogP contribution in [-0.4, -0.2) is 48.8 Å². The van der Waals surface area contributed by atoms with Gasteiger partial charge >= 0.3 is 0 Å². The van der Waals surface area contributed by atoms with Crippen LogP contribution in [0, 0.1) is 29.1 Å². The highest BCUT2D eigenvalue weighted by atomic mass is 16.5. The Balaban J connectivity index is 1.13. The molecule has 4 bridgehead atoms. The zero-order valence-electron chi connectivity index (χ0n) is 19.2. The van der Waals surface area contributed by atoms with Crippen LogP contribution >= 0.6 is 0 Å². The molecule has 2 amide bonds. The van der Waals surface area contributed by atoms with Crippen LogP contribution in [-0.2, 0) is 4.79 Å². The SMILES string of the molecule is CC(C)(COc1cc(C(=O)NC2C3CC4CC(C3)CC2C4)on1)C(=O)NC1CCNCC1. The Labute approximate surface area is 189 Å². The van der Waals surface area contributed by atoms with Crippen LogP contribution in [0.2, 0.25) is 0 Å². The Morgan fingerprint density at radius 3 is 2.41 bits per heavy atom. The molecular formula is C24H36N4O4. The average molecular weight is 445 g/mol. The van der Waals surface area contributed by atoms with Gasteiger partial charge in [-0.25, -0.2) is 0 Å². The first-order valence-electron chi connectivity index (χ1n) is 12.3. The van der Waals surface area contributed by atoms with Crippen molar-refractivity contribution in [3.8, 4) is 5.88 Å². The topological polar surface area (TPSA) is 105 Å². The highest BCUT2D eigenvalue weighted by molar-refractivity contribution is 5.91. The number of rotatable bonds is 7. The van der Waals surface area contributed by atoms with E-state index in [0.29, 0.717) is 11.8 Å². The predicted octanol–water partition coefficient (Wildman–Crippen LogP) is 2.50. The van der Waals surface area contributed by atoms with Crippen LogP contribution < -0.4 is 20.7 Å². The van der Waals surface area contributed by atoms with Gasteiger partial charge in [-0.2, -0.15) is 0 Å². The van der Waals surface area contributed by atoms with Gasteiger partial charge in [0, 0.05) is 12.1 Å². The van der Waals surface area contributed by atoms with Gasteiger partial charge in [-0.3, -0.25) is 9.59 Å². The Bertz CT molecular complexity index is 817. The Hall–Kier alpha value is -2.09. The van der Waals surface area contributed by atoms with E-state index in [1.165, 1.54) is 38.2 Å². The zero-order chi connectivity index (χ0) is 22.3. The number of nitrogens with one attached hydrogen (secondary N) is 3. The van der Waals surface area contributed by atoms with E-state index in [1.54, 1.807) is 0 Å². The van der Waals surface area contributed by atoms with E-state index in [0.717, 1.165) is 37.8 Å². The quantitative estimate of drug-likeness (QED) is 0.597. The van der Waals surface area contributed by atoms with Crippen molar-refractivity contribution in [3.05, 3.63) is 11.8 Å². The fourth-order valence-corrected chi connectivity index (χ4v) is 6.48. The zero-order valence-corrected chi connectivity index (χ0v) is 19.2. The monoisotopic (exact) mass is 444 g/mol. The van der Waals surface area contributed by atoms with Gasteiger partial charge < -0.3 is 25.2 Å². The third-order valence-corrected chi connectivity index (χ3v) is 8.11. The molecule has 0 radical (unpaired) electrons. The van der Waals surface area contributed by atoms with E-state index in [1.807, 2.05) is 13.8 Å². The number of ether oxygens (including phenoxy) is 1. The lowest BCUT2D eigenvalue weighted by Crippen LogP contribution is -2.55. The molecule has 176 valence electrons. The molecule has 1 aromatic heterocycles. The minimum atomic E-state index is -0.716. The fourth-order valence-electron chi connectivity index (χ4n) is 6.48. The summed E-state index contributed by atoms with van der Waals surface area (Å²) in [5, 5.41) is 13.6. The van der Waals surface area contributed by atoms with E-state index < -0.39 is 5.41 Å². The first-order chi connectivity index (χ1) is 15.4. The molecule has 1 aromatic rings. The standard InChI is InChI=1S/C24H36N4O4/c1-24(2,23(30)26-18-3-5-25-6-4-18)13-31-20-12-19(32-28-20)22(29)27-21-16-8-14-7-15(10-16)11-17(21)9-14/h12,14-18,21,25H,3-11,13H2,1-2H3,(H,26,30)(H,27,29). The van der Waals surface area contributed by atoms with E-state index in [2.05, 4.69) is 21.1 Å². The first kappa shape index (κ1) is 21.7. The molecule has 2 heterocycles. The summed E-state index contributed by atoms with van der Waals surface area (Å²) in [7, 11) is 0. The molecule has 3 N–H and O–H groups in total. The summed E-state index contributed by atoms with van der Waals surface area (Å²) in [4.78, 5) is 25.5. The maximum Gasteiger partial charge on any atom is 0.290 e. The van der Waals surface area contributed by atoms with Gasteiger partial charge in [0.1, 0.15) is 6.61 Å². The lowest BCUT2D eigenvalue weighted by atomic mass is 9.54. The van der Waals surface area contributed by atoms with Crippen molar-refractivity contribution in [2.24, 2.45) is 29.1 Å². The van der Waals surface area contributed by atoms with Crippen molar-refractivity contribution < 1.29 is 18.8 Å². The Kier molecular flexibility index (Phi) is 5.90. The number of amides is 2. The molecule has 4 saturated carbocycles. The molecule has 6 rings (SSSR count). The molecular weight excluding hydrogens is 408 g/mol. The summed E-state index contributed by atoms with van der Waals surface area (Å²) < 4.78 is 11.0.